The van der Waals surface area contributed by atoms with Gasteiger partial charge in [-0.25, -0.2) is 4.79 Å². The number of carbonyl (C=O) groups is 1. The zero-order valence-corrected chi connectivity index (χ0v) is 7.39. The third-order valence-corrected chi connectivity index (χ3v) is 1.81. The minimum Gasteiger partial charge on any atom is -0.466 e. The van der Waals surface area contributed by atoms with Gasteiger partial charge in [-0.15, -0.1) is 0 Å². The highest BCUT2D eigenvalue weighted by Crippen LogP contribution is 1.90. The molecule has 0 aliphatic heterocycles. The molecule has 0 aromatic heterocycles. The van der Waals surface area contributed by atoms with Gasteiger partial charge in [0.05, 0.1) is 7.11 Å². The molecule has 0 bridgehead atoms. The largest absolute Gasteiger partial charge is 0.466 e. The van der Waals surface area contributed by atoms with Crippen LogP contribution in [-0.2, 0) is 9.53 Å². The van der Waals surface area contributed by atoms with Crippen LogP contribution in [0.4, 0.5) is 0 Å². The van der Waals surface area contributed by atoms with Gasteiger partial charge in [0.1, 0.15) is 0 Å². The Kier molecular flexibility index (Phi) is 3.19. The van der Waals surface area contributed by atoms with Crippen molar-refractivity contribution in [3.8, 4) is 0 Å². The molecule has 0 aromatic carbocycles. The highest BCUT2D eigenvalue weighted by Gasteiger charge is 1.97. The number of hydrogen-bond donors (Lipinski definition) is 0. The van der Waals surface area contributed by atoms with Crippen molar-refractivity contribution in [1.82, 2.24) is 0 Å². The van der Waals surface area contributed by atoms with Crippen LogP contribution in [0.25, 0.3) is 0 Å². The smallest absolute Gasteiger partial charge is 0.332 e. The van der Waals surface area contributed by atoms with Crippen molar-refractivity contribution >= 4 is 16.2 Å². The summed E-state index contributed by atoms with van der Waals surface area (Å²) in [6, 6.07) is 0. The van der Waals surface area contributed by atoms with E-state index in [4.69, 9.17) is 0 Å². The molecule has 0 unspecified atom stereocenters. The number of hydrogen-bond acceptors (Lipinski definition) is 2. The minimum atomic E-state index is -0.222. The quantitative estimate of drug-likeness (QED) is 0.270. The van der Waals surface area contributed by atoms with Crippen LogP contribution in [0, 0.1) is 0 Å². The molecule has 0 spiro atoms. The lowest BCUT2D eigenvalue weighted by Crippen LogP contribution is -2.00. The molecule has 0 radical (unpaired) electrons. The summed E-state index contributed by atoms with van der Waals surface area (Å²) < 4.78 is 4.42. The van der Waals surface area contributed by atoms with Crippen molar-refractivity contribution in [3.05, 3.63) is 11.3 Å². The lowest BCUT2D eigenvalue weighted by Gasteiger charge is -1.93. The van der Waals surface area contributed by atoms with Gasteiger partial charge in [-0.05, 0) is 6.92 Å². The molecule has 46 valence electrons. The first kappa shape index (κ1) is 7.43. The second-order valence-corrected chi connectivity index (χ2v) is 2.04. The second-order valence-electron chi connectivity index (χ2n) is 1.46. The summed E-state index contributed by atoms with van der Waals surface area (Å²) in [7, 11) is 2.30. The molecule has 0 fully saturated rings. The van der Waals surface area contributed by atoms with Gasteiger partial charge >= 0.3 is 5.97 Å². The maximum atomic E-state index is 10.5. The molecule has 0 aromatic rings. The van der Waals surface area contributed by atoms with Crippen LogP contribution < -0.4 is 0 Å². The van der Waals surface area contributed by atoms with E-state index in [1.165, 1.54) is 7.11 Å². The molecular formula is C5H10O2Si. The first-order valence-corrected chi connectivity index (χ1v) is 3.59. The van der Waals surface area contributed by atoms with Crippen molar-refractivity contribution in [3.63, 3.8) is 0 Å². The van der Waals surface area contributed by atoms with Crippen LogP contribution in [0.3, 0.4) is 0 Å². The van der Waals surface area contributed by atoms with Gasteiger partial charge < -0.3 is 4.74 Å². The molecule has 0 saturated carbocycles. The van der Waals surface area contributed by atoms with Crippen molar-refractivity contribution in [2.24, 2.45) is 0 Å². The number of ether oxygens (including phenoxy) is 1. The molecule has 0 amide bonds. The summed E-state index contributed by atoms with van der Waals surface area (Å²) >= 11 is 0. The summed E-state index contributed by atoms with van der Waals surface area (Å²) in [5, 5.41) is 0. The highest BCUT2D eigenvalue weighted by molar-refractivity contribution is 6.19. The average molecular weight is 130 g/mol. The summed E-state index contributed by atoms with van der Waals surface area (Å²) in [5.41, 5.74) is 2.56. The zero-order valence-electron chi connectivity index (χ0n) is 5.39. The minimum absolute atomic E-state index is 0.222. The van der Waals surface area contributed by atoms with Crippen LogP contribution in [0.5, 0.6) is 0 Å². The molecule has 0 aliphatic carbocycles. The molecule has 8 heavy (non-hydrogen) atoms. The van der Waals surface area contributed by atoms with E-state index in [1.807, 2.05) is 5.70 Å². The fraction of sp³-hybridized carbons (Fsp3) is 0.400. The summed E-state index contributed by atoms with van der Waals surface area (Å²) in [4.78, 5) is 10.5. The Hall–Kier alpha value is -0.573. The fourth-order valence-corrected chi connectivity index (χ4v) is 0.515. The maximum Gasteiger partial charge on any atom is 0.332 e. The lowest BCUT2D eigenvalue weighted by molar-refractivity contribution is -0.136. The van der Waals surface area contributed by atoms with E-state index < -0.39 is 0 Å². The summed E-state index contributed by atoms with van der Waals surface area (Å²) in [6.07, 6.45) is 0. The topological polar surface area (TPSA) is 26.3 Å². The van der Waals surface area contributed by atoms with E-state index in [9.17, 15) is 4.79 Å². The Morgan fingerprint density at radius 2 is 2.25 bits per heavy atom. The van der Waals surface area contributed by atoms with Crippen molar-refractivity contribution in [2.75, 3.05) is 7.11 Å². The third-order valence-electron chi connectivity index (χ3n) is 0.940. The maximum absolute atomic E-state index is 10.5. The van der Waals surface area contributed by atoms with Gasteiger partial charge in [-0.1, -0.05) is 5.70 Å². The van der Waals surface area contributed by atoms with E-state index in [-0.39, 0.29) is 5.97 Å². The van der Waals surface area contributed by atoms with E-state index in [1.54, 1.807) is 6.92 Å². The van der Waals surface area contributed by atoms with Crippen LogP contribution in [0.15, 0.2) is 11.3 Å². The second kappa shape index (κ2) is 3.43. The van der Waals surface area contributed by atoms with E-state index in [0.29, 0.717) is 5.57 Å². The number of esters is 1. The Labute approximate surface area is 52.0 Å². The number of methoxy groups -OCH3 is 1. The molecule has 3 heteroatoms. The molecule has 2 nitrogen and oxygen atoms in total. The molecular weight excluding hydrogens is 120 g/mol. The van der Waals surface area contributed by atoms with Gasteiger partial charge in [0.2, 0.25) is 0 Å². The fourth-order valence-electron chi connectivity index (χ4n) is 0.279. The molecule has 0 heterocycles. The van der Waals surface area contributed by atoms with Crippen molar-refractivity contribution < 1.29 is 9.53 Å². The number of carbonyl (C=O) groups excluding carboxylic acids is 1. The average Bonchev–Trinajstić information content (AvgIpc) is 1.84. The SMILES string of the molecule is COC(=O)C(C)=C[SiH3]. The Morgan fingerprint density at radius 3 is 2.38 bits per heavy atom. The Morgan fingerprint density at radius 1 is 1.75 bits per heavy atom. The predicted molar refractivity (Wildman–Crippen MR) is 35.7 cm³/mol. The first-order valence-electron chi connectivity index (χ1n) is 2.43. The standard InChI is InChI=1S/C5H10O2Si/c1-4(3-8)5(6)7-2/h3H,1-2,8H3. The molecule has 0 rings (SSSR count). The first-order chi connectivity index (χ1) is 3.72. The van der Waals surface area contributed by atoms with Gasteiger partial charge in [0.25, 0.3) is 0 Å². The van der Waals surface area contributed by atoms with Crippen LogP contribution in [0.1, 0.15) is 6.92 Å². The molecule has 0 N–H and O–H groups in total. The van der Waals surface area contributed by atoms with Crippen LogP contribution in [-0.4, -0.2) is 23.3 Å². The van der Waals surface area contributed by atoms with Crippen LogP contribution in [0.2, 0.25) is 0 Å². The predicted octanol–water partition coefficient (Wildman–Crippen LogP) is -0.571. The summed E-state index contributed by atoms with van der Waals surface area (Å²) in [6.45, 7) is 1.75. The van der Waals surface area contributed by atoms with Crippen molar-refractivity contribution in [2.45, 2.75) is 6.92 Å². The Balaban J connectivity index is 3.83. The third kappa shape index (κ3) is 1.93. The normalized spacial score (nSPS) is 11.5. The zero-order chi connectivity index (χ0) is 6.57. The highest BCUT2D eigenvalue weighted by atomic mass is 28.1. The van der Waals surface area contributed by atoms with Gasteiger partial charge in [-0.2, -0.15) is 0 Å². The van der Waals surface area contributed by atoms with E-state index in [0.717, 1.165) is 10.2 Å². The van der Waals surface area contributed by atoms with Gasteiger partial charge in [-0.3, -0.25) is 0 Å². The Bertz CT molecular complexity index is 118. The van der Waals surface area contributed by atoms with Gasteiger partial charge in [0, 0.05) is 15.8 Å². The number of rotatable bonds is 1. The monoisotopic (exact) mass is 130 g/mol. The lowest BCUT2D eigenvalue weighted by atomic mass is 10.4. The van der Waals surface area contributed by atoms with Gasteiger partial charge in [0.15, 0.2) is 0 Å². The van der Waals surface area contributed by atoms with E-state index in [2.05, 4.69) is 4.74 Å². The molecule has 0 saturated heterocycles. The van der Waals surface area contributed by atoms with Crippen LogP contribution >= 0.6 is 0 Å². The van der Waals surface area contributed by atoms with E-state index >= 15 is 0 Å². The molecule has 0 aliphatic rings. The summed E-state index contributed by atoms with van der Waals surface area (Å²) in [5.74, 6) is -0.222. The van der Waals surface area contributed by atoms with Crippen molar-refractivity contribution in [1.29, 1.82) is 0 Å². The molecule has 0 atom stereocenters.